The fourth-order valence-electron chi connectivity index (χ4n) is 1.53. The van der Waals surface area contributed by atoms with Crippen molar-refractivity contribution in [3.05, 3.63) is 11.6 Å². The zero-order valence-electron chi connectivity index (χ0n) is 11.3. The lowest BCUT2D eigenvalue weighted by molar-refractivity contribution is -0.147. The van der Waals surface area contributed by atoms with E-state index in [0.717, 1.165) is 12.8 Å². The first-order valence-corrected chi connectivity index (χ1v) is 6.18. The average molecular weight is 241 g/mol. The molecule has 0 aromatic carbocycles. The Morgan fingerprint density at radius 2 is 1.88 bits per heavy atom. The summed E-state index contributed by atoms with van der Waals surface area (Å²) in [6.45, 7) is 8.45. The molecule has 0 fully saturated rings. The normalized spacial score (nSPS) is 11.2. The highest BCUT2D eigenvalue weighted by Gasteiger charge is 2.17. The van der Waals surface area contributed by atoms with E-state index in [1.807, 2.05) is 19.9 Å². The van der Waals surface area contributed by atoms with Crippen LogP contribution in [0, 0.1) is 0 Å². The van der Waals surface area contributed by atoms with Gasteiger partial charge in [-0.25, -0.2) is 0 Å². The van der Waals surface area contributed by atoms with Gasteiger partial charge in [-0.15, -0.1) is 0 Å². The van der Waals surface area contributed by atoms with Gasteiger partial charge in [0.1, 0.15) is 6.54 Å². The summed E-state index contributed by atoms with van der Waals surface area (Å²) in [5.74, 6) is -0.430. The minimum Gasteiger partial charge on any atom is -0.465 e. The van der Waals surface area contributed by atoms with Crippen molar-refractivity contribution >= 4 is 11.9 Å². The van der Waals surface area contributed by atoms with Gasteiger partial charge in [0.25, 0.3) is 0 Å². The Bertz CT molecular complexity index is 284. The zero-order chi connectivity index (χ0) is 13.3. The molecule has 0 bridgehead atoms. The summed E-state index contributed by atoms with van der Waals surface area (Å²) in [6, 6.07) is 0. The Kier molecular flexibility index (Phi) is 8.11. The second kappa shape index (κ2) is 8.79. The molecule has 4 nitrogen and oxygen atoms in total. The van der Waals surface area contributed by atoms with Crippen LogP contribution in [-0.4, -0.2) is 36.5 Å². The SMILES string of the molecule is CC/C=C(\C)C(=O)N(CCC)CC(=O)OCC. The van der Waals surface area contributed by atoms with Crippen molar-refractivity contribution in [2.45, 2.75) is 40.5 Å². The van der Waals surface area contributed by atoms with Crippen molar-refractivity contribution < 1.29 is 14.3 Å². The standard InChI is InChI=1S/C13H23NO3/c1-5-8-11(4)13(16)14(9-6-2)10-12(15)17-7-3/h8H,5-7,9-10H2,1-4H3/b11-8+. The first-order valence-electron chi connectivity index (χ1n) is 6.18. The van der Waals surface area contributed by atoms with Crippen molar-refractivity contribution in [1.29, 1.82) is 0 Å². The van der Waals surface area contributed by atoms with Crippen molar-refractivity contribution in [2.75, 3.05) is 19.7 Å². The summed E-state index contributed by atoms with van der Waals surface area (Å²) < 4.78 is 4.86. The molecule has 0 saturated heterocycles. The van der Waals surface area contributed by atoms with Crippen LogP contribution < -0.4 is 0 Å². The van der Waals surface area contributed by atoms with Gasteiger partial charge in [-0.1, -0.05) is 19.9 Å². The van der Waals surface area contributed by atoms with Gasteiger partial charge in [0.05, 0.1) is 6.61 Å². The van der Waals surface area contributed by atoms with E-state index in [-0.39, 0.29) is 18.4 Å². The van der Waals surface area contributed by atoms with Gasteiger partial charge in [-0.2, -0.15) is 0 Å². The number of esters is 1. The number of amides is 1. The molecule has 0 unspecified atom stereocenters. The van der Waals surface area contributed by atoms with Gasteiger partial charge in [0.2, 0.25) is 5.91 Å². The van der Waals surface area contributed by atoms with Gasteiger partial charge in [-0.3, -0.25) is 9.59 Å². The molecule has 0 heterocycles. The molecule has 0 saturated carbocycles. The van der Waals surface area contributed by atoms with Crippen LogP contribution in [0.5, 0.6) is 0 Å². The van der Waals surface area contributed by atoms with E-state index in [4.69, 9.17) is 4.74 Å². The maximum atomic E-state index is 12.0. The van der Waals surface area contributed by atoms with Crippen molar-refractivity contribution in [3.8, 4) is 0 Å². The van der Waals surface area contributed by atoms with E-state index in [9.17, 15) is 9.59 Å². The van der Waals surface area contributed by atoms with Gasteiger partial charge < -0.3 is 9.64 Å². The number of allylic oxidation sites excluding steroid dienone is 1. The second-order valence-electron chi connectivity index (χ2n) is 3.83. The molecule has 0 atom stereocenters. The molecule has 0 aromatic rings. The van der Waals surface area contributed by atoms with E-state index < -0.39 is 0 Å². The molecule has 0 spiro atoms. The third-order valence-electron chi connectivity index (χ3n) is 2.25. The molecule has 0 aliphatic heterocycles. The number of rotatable bonds is 7. The van der Waals surface area contributed by atoms with Crippen molar-refractivity contribution in [1.82, 2.24) is 4.90 Å². The molecule has 0 aromatic heterocycles. The van der Waals surface area contributed by atoms with Gasteiger partial charge in [0.15, 0.2) is 0 Å². The predicted molar refractivity (Wildman–Crippen MR) is 67.6 cm³/mol. The molecule has 98 valence electrons. The van der Waals surface area contributed by atoms with E-state index in [0.29, 0.717) is 18.7 Å². The lowest BCUT2D eigenvalue weighted by Crippen LogP contribution is -2.37. The van der Waals surface area contributed by atoms with E-state index in [1.165, 1.54) is 0 Å². The molecule has 0 rings (SSSR count). The summed E-state index contributed by atoms with van der Waals surface area (Å²) in [7, 11) is 0. The Labute approximate surface area is 104 Å². The molecule has 17 heavy (non-hydrogen) atoms. The largest absolute Gasteiger partial charge is 0.465 e. The smallest absolute Gasteiger partial charge is 0.325 e. The highest BCUT2D eigenvalue weighted by atomic mass is 16.5. The van der Waals surface area contributed by atoms with E-state index in [1.54, 1.807) is 18.7 Å². The number of hydrogen-bond acceptors (Lipinski definition) is 3. The molecule has 0 radical (unpaired) electrons. The summed E-state index contributed by atoms with van der Waals surface area (Å²) in [5.41, 5.74) is 0.685. The minimum atomic E-state index is -0.349. The first-order chi connectivity index (χ1) is 8.06. The molecule has 0 aliphatic carbocycles. The number of carbonyl (C=O) groups is 2. The van der Waals surface area contributed by atoms with E-state index in [2.05, 4.69) is 0 Å². The van der Waals surface area contributed by atoms with Crippen molar-refractivity contribution in [2.24, 2.45) is 0 Å². The maximum Gasteiger partial charge on any atom is 0.325 e. The summed E-state index contributed by atoms with van der Waals surface area (Å²) in [5, 5.41) is 0. The Morgan fingerprint density at radius 1 is 1.24 bits per heavy atom. The zero-order valence-corrected chi connectivity index (χ0v) is 11.3. The van der Waals surface area contributed by atoms with Crippen LogP contribution in [0.25, 0.3) is 0 Å². The number of ether oxygens (including phenoxy) is 1. The molecule has 4 heteroatoms. The lowest BCUT2D eigenvalue weighted by atomic mass is 10.2. The Hall–Kier alpha value is -1.32. The molecule has 0 aliphatic rings. The van der Waals surface area contributed by atoms with E-state index >= 15 is 0 Å². The third kappa shape index (κ3) is 6.09. The van der Waals surface area contributed by atoms with Gasteiger partial charge in [-0.05, 0) is 26.7 Å². The van der Waals surface area contributed by atoms with Crippen LogP contribution in [0.4, 0.5) is 0 Å². The maximum absolute atomic E-state index is 12.0. The van der Waals surface area contributed by atoms with Crippen LogP contribution in [0.3, 0.4) is 0 Å². The van der Waals surface area contributed by atoms with Crippen molar-refractivity contribution in [3.63, 3.8) is 0 Å². The van der Waals surface area contributed by atoms with Crippen LogP contribution in [0.2, 0.25) is 0 Å². The average Bonchev–Trinajstić information content (AvgIpc) is 2.28. The fourth-order valence-corrected chi connectivity index (χ4v) is 1.53. The second-order valence-corrected chi connectivity index (χ2v) is 3.83. The predicted octanol–water partition coefficient (Wildman–Crippen LogP) is 2.14. The summed E-state index contributed by atoms with van der Waals surface area (Å²) >= 11 is 0. The highest BCUT2D eigenvalue weighted by Crippen LogP contribution is 2.04. The first kappa shape index (κ1) is 15.7. The van der Waals surface area contributed by atoms with Crippen LogP contribution in [-0.2, 0) is 14.3 Å². The fraction of sp³-hybridized carbons (Fsp3) is 0.692. The van der Waals surface area contributed by atoms with Gasteiger partial charge in [0, 0.05) is 12.1 Å². The summed E-state index contributed by atoms with van der Waals surface area (Å²) in [6.07, 6.45) is 3.51. The monoisotopic (exact) mass is 241 g/mol. The van der Waals surface area contributed by atoms with Gasteiger partial charge >= 0.3 is 5.97 Å². The number of carbonyl (C=O) groups excluding carboxylic acids is 2. The van der Waals surface area contributed by atoms with Crippen LogP contribution in [0.15, 0.2) is 11.6 Å². The number of nitrogens with zero attached hydrogens (tertiary/aromatic N) is 1. The van der Waals surface area contributed by atoms with Crippen LogP contribution in [0.1, 0.15) is 40.5 Å². The molecule has 1 amide bonds. The molecular weight excluding hydrogens is 218 g/mol. The quantitative estimate of drug-likeness (QED) is 0.507. The minimum absolute atomic E-state index is 0.0371. The molecule has 0 N–H and O–H groups in total. The highest BCUT2D eigenvalue weighted by molar-refractivity contribution is 5.94. The molecular formula is C13H23NO3. The third-order valence-corrected chi connectivity index (χ3v) is 2.25. The Morgan fingerprint density at radius 3 is 2.35 bits per heavy atom. The lowest BCUT2D eigenvalue weighted by Gasteiger charge is -2.21. The topological polar surface area (TPSA) is 46.6 Å². The summed E-state index contributed by atoms with van der Waals surface area (Å²) in [4.78, 5) is 24.9. The Balaban J connectivity index is 4.56. The number of hydrogen-bond donors (Lipinski definition) is 0. The van der Waals surface area contributed by atoms with Crippen LogP contribution >= 0.6 is 0 Å².